The maximum Gasteiger partial charge on any atom is 0.417 e. The van der Waals surface area contributed by atoms with Gasteiger partial charge in [-0.05, 0) is 50.1 Å². The number of alkyl halides is 3. The molecule has 1 amide bonds. The number of hydrogen-bond donors (Lipinski definition) is 0. The zero-order valence-corrected chi connectivity index (χ0v) is 15.4. The standard InChI is InChI=1S/C20H21F3N2O3/c1-2-27-17-4-3-11-25(13-17)19(26)14-5-8-16(9-6-14)28-18-10-7-15(12-24-18)20(21,22)23/h5-10,12,17H,2-4,11,13H2,1H3. The minimum Gasteiger partial charge on any atom is -0.439 e. The Morgan fingerprint density at radius 1 is 1.21 bits per heavy atom. The third kappa shape index (κ3) is 5.01. The Balaban J connectivity index is 1.62. The van der Waals surface area contributed by atoms with Crippen molar-refractivity contribution in [1.29, 1.82) is 0 Å². The SMILES string of the molecule is CCOC1CCCN(C(=O)c2ccc(Oc3ccc(C(F)(F)F)cn3)cc2)C1. The third-order valence-corrected chi connectivity index (χ3v) is 4.46. The first-order valence-electron chi connectivity index (χ1n) is 9.09. The number of aromatic nitrogens is 1. The number of ether oxygens (including phenoxy) is 2. The van der Waals surface area contributed by atoms with E-state index in [4.69, 9.17) is 9.47 Å². The van der Waals surface area contributed by atoms with E-state index in [1.54, 1.807) is 29.2 Å². The molecule has 1 fully saturated rings. The van der Waals surface area contributed by atoms with E-state index in [0.29, 0.717) is 31.0 Å². The van der Waals surface area contributed by atoms with E-state index < -0.39 is 11.7 Å². The number of nitrogens with zero attached hydrogens (tertiary/aromatic N) is 2. The molecule has 1 atom stereocenters. The fraction of sp³-hybridized carbons (Fsp3) is 0.400. The minimum absolute atomic E-state index is 0.0441. The lowest BCUT2D eigenvalue weighted by Gasteiger charge is -2.32. The van der Waals surface area contributed by atoms with Crippen LogP contribution >= 0.6 is 0 Å². The highest BCUT2D eigenvalue weighted by atomic mass is 19.4. The molecule has 8 heteroatoms. The van der Waals surface area contributed by atoms with Gasteiger partial charge in [0.05, 0.1) is 11.7 Å². The van der Waals surface area contributed by atoms with E-state index in [-0.39, 0.29) is 17.9 Å². The highest BCUT2D eigenvalue weighted by Crippen LogP contribution is 2.30. The highest BCUT2D eigenvalue weighted by Gasteiger charge is 2.30. The van der Waals surface area contributed by atoms with Crippen molar-refractivity contribution in [2.24, 2.45) is 0 Å². The zero-order chi connectivity index (χ0) is 20.1. The van der Waals surface area contributed by atoms with Gasteiger partial charge in [-0.1, -0.05) is 0 Å². The predicted molar refractivity (Wildman–Crippen MR) is 96.3 cm³/mol. The molecule has 1 aliphatic rings. The van der Waals surface area contributed by atoms with E-state index in [9.17, 15) is 18.0 Å². The van der Waals surface area contributed by atoms with Crippen LogP contribution in [0.3, 0.4) is 0 Å². The van der Waals surface area contributed by atoms with Crippen molar-refractivity contribution in [2.75, 3.05) is 19.7 Å². The fourth-order valence-electron chi connectivity index (χ4n) is 3.07. The van der Waals surface area contributed by atoms with Gasteiger partial charge < -0.3 is 14.4 Å². The molecule has 1 aliphatic heterocycles. The predicted octanol–water partition coefficient (Wildman–Crippen LogP) is 4.53. The van der Waals surface area contributed by atoms with Crippen LogP contribution < -0.4 is 4.74 Å². The van der Waals surface area contributed by atoms with Gasteiger partial charge in [-0.25, -0.2) is 4.98 Å². The zero-order valence-electron chi connectivity index (χ0n) is 15.4. The Morgan fingerprint density at radius 2 is 1.96 bits per heavy atom. The van der Waals surface area contributed by atoms with Gasteiger partial charge in [0.1, 0.15) is 5.75 Å². The molecule has 0 radical (unpaired) electrons. The summed E-state index contributed by atoms with van der Waals surface area (Å²) in [5.74, 6) is 0.348. The number of piperidine rings is 1. The number of benzene rings is 1. The Labute approximate surface area is 161 Å². The summed E-state index contributed by atoms with van der Waals surface area (Å²) in [4.78, 5) is 18.1. The summed E-state index contributed by atoms with van der Waals surface area (Å²) >= 11 is 0. The van der Waals surface area contributed by atoms with Crippen LogP contribution in [0.1, 0.15) is 35.7 Å². The first-order valence-corrected chi connectivity index (χ1v) is 9.09. The van der Waals surface area contributed by atoms with Crippen molar-refractivity contribution in [3.63, 3.8) is 0 Å². The molecule has 1 saturated heterocycles. The van der Waals surface area contributed by atoms with Gasteiger partial charge in [0.2, 0.25) is 5.88 Å². The van der Waals surface area contributed by atoms with E-state index in [1.165, 1.54) is 0 Å². The summed E-state index contributed by atoms with van der Waals surface area (Å²) in [5.41, 5.74) is -0.322. The van der Waals surface area contributed by atoms with Crippen molar-refractivity contribution in [3.05, 3.63) is 53.7 Å². The Morgan fingerprint density at radius 3 is 2.57 bits per heavy atom. The van der Waals surface area contributed by atoms with Crippen molar-refractivity contribution >= 4 is 5.91 Å². The lowest BCUT2D eigenvalue weighted by molar-refractivity contribution is -0.137. The molecule has 150 valence electrons. The molecule has 1 unspecified atom stereocenters. The van der Waals surface area contributed by atoms with Crippen LogP contribution in [0.5, 0.6) is 11.6 Å². The van der Waals surface area contributed by atoms with Crippen LogP contribution in [0.25, 0.3) is 0 Å². The van der Waals surface area contributed by atoms with Gasteiger partial charge in [0.15, 0.2) is 0 Å². The molecule has 2 aromatic rings. The molecule has 1 aromatic heterocycles. The molecular formula is C20H21F3N2O3. The maximum absolute atomic E-state index is 12.7. The molecular weight excluding hydrogens is 373 g/mol. The van der Waals surface area contributed by atoms with E-state index in [0.717, 1.165) is 31.2 Å². The first-order chi connectivity index (χ1) is 13.4. The smallest absolute Gasteiger partial charge is 0.417 e. The summed E-state index contributed by atoms with van der Waals surface area (Å²) in [5, 5.41) is 0. The summed E-state index contributed by atoms with van der Waals surface area (Å²) in [7, 11) is 0. The van der Waals surface area contributed by atoms with Crippen LogP contribution in [0.4, 0.5) is 13.2 Å². The lowest BCUT2D eigenvalue weighted by atomic mass is 10.1. The third-order valence-electron chi connectivity index (χ3n) is 4.46. The van der Waals surface area contributed by atoms with Crippen molar-refractivity contribution in [2.45, 2.75) is 32.0 Å². The lowest BCUT2D eigenvalue weighted by Crippen LogP contribution is -2.43. The molecule has 0 bridgehead atoms. The number of pyridine rings is 1. The van der Waals surface area contributed by atoms with Gasteiger partial charge in [-0.15, -0.1) is 0 Å². The quantitative estimate of drug-likeness (QED) is 0.748. The van der Waals surface area contributed by atoms with Gasteiger partial charge in [0.25, 0.3) is 5.91 Å². The Bertz CT molecular complexity index is 790. The molecule has 1 aromatic carbocycles. The van der Waals surface area contributed by atoms with Gasteiger partial charge in [0, 0.05) is 37.5 Å². The molecule has 0 saturated carbocycles. The number of carbonyl (C=O) groups is 1. The summed E-state index contributed by atoms with van der Waals surface area (Å²) in [6, 6.07) is 8.51. The number of carbonyl (C=O) groups excluding carboxylic acids is 1. The molecule has 0 aliphatic carbocycles. The molecule has 2 heterocycles. The summed E-state index contributed by atoms with van der Waals surface area (Å²) in [6.45, 7) is 3.82. The average molecular weight is 394 g/mol. The van der Waals surface area contributed by atoms with Crippen LogP contribution in [-0.4, -0.2) is 41.6 Å². The molecule has 0 N–H and O–H groups in total. The van der Waals surface area contributed by atoms with Crippen molar-refractivity contribution in [3.8, 4) is 11.6 Å². The Hall–Kier alpha value is -2.61. The average Bonchev–Trinajstić information content (AvgIpc) is 2.68. The fourth-order valence-corrected chi connectivity index (χ4v) is 3.07. The second kappa shape index (κ2) is 8.60. The van der Waals surface area contributed by atoms with Crippen LogP contribution in [0.15, 0.2) is 42.6 Å². The summed E-state index contributed by atoms with van der Waals surface area (Å²) < 4.78 is 48.8. The van der Waals surface area contributed by atoms with E-state index in [1.807, 2.05) is 6.92 Å². The number of rotatable bonds is 5. The van der Waals surface area contributed by atoms with Gasteiger partial charge >= 0.3 is 6.18 Å². The second-order valence-corrected chi connectivity index (χ2v) is 6.48. The van der Waals surface area contributed by atoms with E-state index in [2.05, 4.69) is 4.98 Å². The summed E-state index contributed by atoms with van der Waals surface area (Å²) in [6.07, 6.45) is -1.81. The molecule has 0 spiro atoms. The van der Waals surface area contributed by atoms with Crippen LogP contribution in [-0.2, 0) is 10.9 Å². The minimum atomic E-state index is -4.44. The number of halogens is 3. The van der Waals surface area contributed by atoms with Crippen LogP contribution in [0, 0.1) is 0 Å². The number of hydrogen-bond acceptors (Lipinski definition) is 4. The molecule has 5 nitrogen and oxygen atoms in total. The van der Waals surface area contributed by atoms with Crippen LogP contribution in [0.2, 0.25) is 0 Å². The number of likely N-dealkylation sites (tertiary alicyclic amines) is 1. The highest BCUT2D eigenvalue weighted by molar-refractivity contribution is 5.94. The largest absolute Gasteiger partial charge is 0.439 e. The van der Waals surface area contributed by atoms with Gasteiger partial charge in [-0.2, -0.15) is 13.2 Å². The van der Waals surface area contributed by atoms with E-state index >= 15 is 0 Å². The van der Waals surface area contributed by atoms with Crippen molar-refractivity contribution < 1.29 is 27.4 Å². The number of amides is 1. The second-order valence-electron chi connectivity index (χ2n) is 6.48. The normalized spacial score (nSPS) is 17.4. The molecule has 28 heavy (non-hydrogen) atoms. The maximum atomic E-state index is 12.7. The van der Waals surface area contributed by atoms with Gasteiger partial charge in [-0.3, -0.25) is 4.79 Å². The Kier molecular flexibility index (Phi) is 6.18. The first kappa shape index (κ1) is 20.1. The monoisotopic (exact) mass is 394 g/mol. The van der Waals surface area contributed by atoms with Crippen molar-refractivity contribution in [1.82, 2.24) is 9.88 Å². The molecule has 3 rings (SSSR count). The topological polar surface area (TPSA) is 51.7 Å².